The van der Waals surface area contributed by atoms with Crippen LogP contribution in [0, 0.1) is 0 Å². The van der Waals surface area contributed by atoms with Crippen LogP contribution in [-0.4, -0.2) is 25.9 Å². The van der Waals surface area contributed by atoms with Gasteiger partial charge in [0.15, 0.2) is 11.5 Å². The zero-order chi connectivity index (χ0) is 12.1. The molecule has 0 aliphatic rings. The van der Waals surface area contributed by atoms with Crippen LogP contribution in [0.5, 0.6) is 11.5 Å². The SMILES string of the molecule is COc1cc(C(N)CCO)cc(Cl)c1OC.Cl. The van der Waals surface area contributed by atoms with Crippen molar-refractivity contribution in [3.05, 3.63) is 22.7 Å². The molecule has 1 rings (SSSR count). The van der Waals surface area contributed by atoms with E-state index in [0.29, 0.717) is 22.9 Å². The minimum Gasteiger partial charge on any atom is -0.493 e. The summed E-state index contributed by atoms with van der Waals surface area (Å²) in [4.78, 5) is 0. The van der Waals surface area contributed by atoms with E-state index in [9.17, 15) is 0 Å². The van der Waals surface area contributed by atoms with Gasteiger partial charge in [0, 0.05) is 12.6 Å². The highest BCUT2D eigenvalue weighted by atomic mass is 35.5. The molecule has 1 unspecified atom stereocenters. The smallest absolute Gasteiger partial charge is 0.179 e. The molecule has 0 radical (unpaired) electrons. The summed E-state index contributed by atoms with van der Waals surface area (Å²) in [5.41, 5.74) is 6.69. The lowest BCUT2D eigenvalue weighted by molar-refractivity contribution is 0.276. The van der Waals surface area contributed by atoms with E-state index in [2.05, 4.69) is 0 Å². The Morgan fingerprint density at radius 1 is 1.35 bits per heavy atom. The lowest BCUT2D eigenvalue weighted by atomic mass is 10.0. The topological polar surface area (TPSA) is 64.7 Å². The van der Waals surface area contributed by atoms with Crippen LogP contribution in [0.3, 0.4) is 0 Å². The van der Waals surface area contributed by atoms with Crippen molar-refractivity contribution in [2.75, 3.05) is 20.8 Å². The lowest BCUT2D eigenvalue weighted by Gasteiger charge is -2.15. The molecule has 0 fully saturated rings. The average molecular weight is 282 g/mol. The quantitative estimate of drug-likeness (QED) is 0.868. The van der Waals surface area contributed by atoms with Gasteiger partial charge in [-0.3, -0.25) is 0 Å². The maximum atomic E-state index is 8.83. The molecule has 0 aliphatic heterocycles. The zero-order valence-electron chi connectivity index (χ0n) is 9.77. The lowest BCUT2D eigenvalue weighted by Crippen LogP contribution is -2.12. The number of nitrogens with two attached hydrogens (primary N) is 1. The van der Waals surface area contributed by atoms with Gasteiger partial charge in [-0.2, -0.15) is 0 Å². The standard InChI is InChI=1S/C11H16ClNO3.ClH/c1-15-10-6-7(9(13)3-4-14)5-8(12)11(10)16-2;/h5-6,9,14H,3-4,13H2,1-2H3;1H. The molecule has 1 aromatic rings. The Hall–Kier alpha value is -0.680. The van der Waals surface area contributed by atoms with Crippen LogP contribution in [0.2, 0.25) is 5.02 Å². The summed E-state index contributed by atoms with van der Waals surface area (Å²) in [6.07, 6.45) is 0.478. The predicted molar refractivity (Wildman–Crippen MR) is 70.4 cm³/mol. The zero-order valence-corrected chi connectivity index (χ0v) is 11.3. The highest BCUT2D eigenvalue weighted by Gasteiger charge is 2.14. The second-order valence-corrected chi connectivity index (χ2v) is 3.76. The van der Waals surface area contributed by atoms with Gasteiger partial charge >= 0.3 is 0 Å². The van der Waals surface area contributed by atoms with E-state index in [1.54, 1.807) is 12.1 Å². The van der Waals surface area contributed by atoms with Gasteiger partial charge in [0.05, 0.1) is 19.2 Å². The predicted octanol–water partition coefficient (Wildman–Crippen LogP) is 2.16. The number of aliphatic hydroxyl groups is 1. The third-order valence-electron chi connectivity index (χ3n) is 2.32. The molecule has 1 aromatic carbocycles. The highest BCUT2D eigenvalue weighted by molar-refractivity contribution is 6.32. The second kappa shape index (κ2) is 7.61. The summed E-state index contributed by atoms with van der Waals surface area (Å²) < 4.78 is 10.3. The van der Waals surface area contributed by atoms with Crippen molar-refractivity contribution in [2.24, 2.45) is 5.73 Å². The van der Waals surface area contributed by atoms with Crippen LogP contribution in [0.15, 0.2) is 12.1 Å². The molecule has 0 bridgehead atoms. The molecule has 0 aromatic heterocycles. The van der Waals surface area contributed by atoms with E-state index in [0.717, 1.165) is 5.56 Å². The number of ether oxygens (including phenoxy) is 2. The molecule has 0 saturated carbocycles. The maximum Gasteiger partial charge on any atom is 0.179 e. The van der Waals surface area contributed by atoms with Gasteiger partial charge in [-0.25, -0.2) is 0 Å². The first-order chi connectivity index (χ1) is 7.63. The molecule has 0 aliphatic carbocycles. The van der Waals surface area contributed by atoms with Crippen molar-refractivity contribution in [3.8, 4) is 11.5 Å². The molecule has 6 heteroatoms. The molecular weight excluding hydrogens is 265 g/mol. The monoisotopic (exact) mass is 281 g/mol. The number of methoxy groups -OCH3 is 2. The minimum atomic E-state index is -0.262. The van der Waals surface area contributed by atoms with Gasteiger partial charge in [-0.05, 0) is 24.1 Å². The van der Waals surface area contributed by atoms with Gasteiger partial charge in [0.25, 0.3) is 0 Å². The Morgan fingerprint density at radius 3 is 2.47 bits per heavy atom. The highest BCUT2D eigenvalue weighted by Crippen LogP contribution is 2.37. The second-order valence-electron chi connectivity index (χ2n) is 3.36. The van der Waals surface area contributed by atoms with Crippen molar-refractivity contribution >= 4 is 24.0 Å². The Kier molecular flexibility index (Phi) is 7.30. The Balaban J connectivity index is 0.00000256. The molecule has 0 amide bonds. The molecule has 98 valence electrons. The fourth-order valence-corrected chi connectivity index (χ4v) is 1.75. The third-order valence-corrected chi connectivity index (χ3v) is 2.60. The van der Waals surface area contributed by atoms with Crippen molar-refractivity contribution < 1.29 is 14.6 Å². The molecule has 3 N–H and O–H groups in total. The van der Waals surface area contributed by atoms with Crippen LogP contribution in [-0.2, 0) is 0 Å². The first-order valence-electron chi connectivity index (χ1n) is 4.91. The van der Waals surface area contributed by atoms with Crippen LogP contribution >= 0.6 is 24.0 Å². The van der Waals surface area contributed by atoms with Gasteiger partial charge in [0.2, 0.25) is 0 Å². The summed E-state index contributed by atoms with van der Waals surface area (Å²) in [6, 6.07) is 3.23. The number of aliphatic hydroxyl groups excluding tert-OH is 1. The molecule has 0 spiro atoms. The molecular formula is C11H17Cl2NO3. The van der Waals surface area contributed by atoms with Crippen molar-refractivity contribution in [2.45, 2.75) is 12.5 Å². The summed E-state index contributed by atoms with van der Waals surface area (Å²) >= 11 is 6.03. The van der Waals surface area contributed by atoms with Crippen LogP contribution in [0.25, 0.3) is 0 Å². The van der Waals surface area contributed by atoms with Crippen molar-refractivity contribution in [3.63, 3.8) is 0 Å². The molecule has 17 heavy (non-hydrogen) atoms. The number of hydrogen-bond acceptors (Lipinski definition) is 4. The van der Waals surface area contributed by atoms with Crippen molar-refractivity contribution in [1.82, 2.24) is 0 Å². The summed E-state index contributed by atoms with van der Waals surface area (Å²) in [6.45, 7) is 0.0349. The number of halogens is 2. The van der Waals surface area contributed by atoms with Gasteiger partial charge in [0.1, 0.15) is 0 Å². The Labute approximate surface area is 112 Å². The number of rotatable bonds is 5. The first-order valence-corrected chi connectivity index (χ1v) is 5.29. The number of benzene rings is 1. The normalized spacial score (nSPS) is 11.6. The van der Waals surface area contributed by atoms with E-state index in [1.807, 2.05) is 0 Å². The Morgan fingerprint density at radius 2 is 2.00 bits per heavy atom. The molecule has 4 nitrogen and oxygen atoms in total. The third kappa shape index (κ3) is 3.92. The van der Waals surface area contributed by atoms with Crippen LogP contribution in [0.4, 0.5) is 0 Å². The Bertz CT molecular complexity index is 361. The van der Waals surface area contributed by atoms with Gasteiger partial charge in [-0.15, -0.1) is 12.4 Å². The average Bonchev–Trinajstić information content (AvgIpc) is 2.28. The van der Waals surface area contributed by atoms with Crippen molar-refractivity contribution in [1.29, 1.82) is 0 Å². The van der Waals surface area contributed by atoms with Crippen LogP contribution in [0.1, 0.15) is 18.0 Å². The number of hydrogen-bond donors (Lipinski definition) is 2. The van der Waals surface area contributed by atoms with E-state index >= 15 is 0 Å². The first kappa shape index (κ1) is 16.3. The van der Waals surface area contributed by atoms with E-state index in [-0.39, 0.29) is 25.1 Å². The molecule has 1 atom stereocenters. The largest absolute Gasteiger partial charge is 0.493 e. The van der Waals surface area contributed by atoms with Gasteiger partial charge in [-0.1, -0.05) is 11.6 Å². The molecule has 0 heterocycles. The van der Waals surface area contributed by atoms with E-state index in [4.69, 9.17) is 31.9 Å². The fraction of sp³-hybridized carbons (Fsp3) is 0.455. The van der Waals surface area contributed by atoms with E-state index in [1.165, 1.54) is 14.2 Å². The summed E-state index contributed by atoms with van der Waals surface area (Å²) in [5.74, 6) is 1.03. The minimum absolute atomic E-state index is 0. The summed E-state index contributed by atoms with van der Waals surface area (Å²) in [7, 11) is 3.06. The fourth-order valence-electron chi connectivity index (χ4n) is 1.46. The summed E-state index contributed by atoms with van der Waals surface area (Å²) in [5, 5.41) is 9.27. The van der Waals surface area contributed by atoms with Gasteiger partial charge < -0.3 is 20.3 Å². The van der Waals surface area contributed by atoms with E-state index < -0.39 is 0 Å². The maximum absolute atomic E-state index is 8.83. The molecule has 0 saturated heterocycles. The van der Waals surface area contributed by atoms with Crippen LogP contribution < -0.4 is 15.2 Å².